The van der Waals surface area contributed by atoms with Gasteiger partial charge in [0.05, 0.1) is 5.41 Å². The number of fused-ring (bicyclic) bond motifs is 9. The van der Waals surface area contributed by atoms with Gasteiger partial charge < -0.3 is 9.64 Å². The number of rotatable bonds is 5. The van der Waals surface area contributed by atoms with Crippen molar-refractivity contribution in [1.82, 2.24) is 0 Å². The Bertz CT molecular complexity index is 2520. The van der Waals surface area contributed by atoms with E-state index in [0.29, 0.717) is 11.5 Å². The molecule has 1 spiro atoms. The lowest BCUT2D eigenvalue weighted by molar-refractivity contribution is 0.435. The van der Waals surface area contributed by atoms with Crippen molar-refractivity contribution >= 4 is 17.1 Å². The Hall–Kier alpha value is -6.78. The highest BCUT2D eigenvalue weighted by molar-refractivity contribution is 5.89. The Kier molecular flexibility index (Phi) is 7.12. The van der Waals surface area contributed by atoms with Crippen LogP contribution in [0.2, 0.25) is 0 Å². The van der Waals surface area contributed by atoms with Gasteiger partial charge in [0.2, 0.25) is 0 Å². The third kappa shape index (κ3) is 4.91. The molecule has 10 rings (SSSR count). The van der Waals surface area contributed by atoms with Crippen molar-refractivity contribution in [3.63, 3.8) is 0 Å². The lowest BCUT2D eigenvalue weighted by Crippen LogP contribution is -2.32. The molecule has 8 aromatic carbocycles. The van der Waals surface area contributed by atoms with Crippen LogP contribution in [0.4, 0.5) is 25.8 Å². The fraction of sp³-hybridized carbons (Fsp3) is 0.0204. The van der Waals surface area contributed by atoms with Crippen LogP contribution < -0.4 is 9.64 Å². The average Bonchev–Trinajstić information content (AvgIpc) is 3.48. The van der Waals surface area contributed by atoms with Gasteiger partial charge in [-0.15, -0.1) is 0 Å². The van der Waals surface area contributed by atoms with Crippen molar-refractivity contribution in [3.8, 4) is 44.9 Å². The van der Waals surface area contributed by atoms with E-state index in [4.69, 9.17) is 4.74 Å². The molecule has 0 fully saturated rings. The molecule has 2 aliphatic rings. The van der Waals surface area contributed by atoms with Crippen LogP contribution in [0.3, 0.4) is 0 Å². The molecular weight excluding hydrogens is 657 g/mol. The summed E-state index contributed by atoms with van der Waals surface area (Å²) in [7, 11) is 0. The SMILES string of the molecule is Fc1ccc2c(c1)C1(c3ccccc3Oc3cc(N(c4ccc(-c5ccccc5)cc4)c4ccc(-c5ccccc5)cc4)ccc31)c1cc(F)ccc1-2. The summed E-state index contributed by atoms with van der Waals surface area (Å²) in [5.41, 5.74) is 11.4. The highest BCUT2D eigenvalue weighted by Gasteiger charge is 2.51. The predicted molar refractivity (Wildman–Crippen MR) is 209 cm³/mol. The minimum absolute atomic E-state index is 0.345. The molecule has 0 saturated carbocycles. The van der Waals surface area contributed by atoms with Gasteiger partial charge in [-0.1, -0.05) is 121 Å². The molecule has 53 heavy (non-hydrogen) atoms. The summed E-state index contributed by atoms with van der Waals surface area (Å²) < 4.78 is 37.3. The van der Waals surface area contributed by atoms with Crippen LogP contribution in [0.25, 0.3) is 33.4 Å². The van der Waals surface area contributed by atoms with Gasteiger partial charge in [-0.3, -0.25) is 0 Å². The molecule has 0 saturated heterocycles. The third-order valence-electron chi connectivity index (χ3n) is 10.7. The first-order chi connectivity index (χ1) is 26.1. The van der Waals surface area contributed by atoms with Crippen LogP contribution in [0.5, 0.6) is 11.5 Å². The van der Waals surface area contributed by atoms with Crippen molar-refractivity contribution in [2.45, 2.75) is 5.41 Å². The van der Waals surface area contributed by atoms with Crippen LogP contribution in [0, 0.1) is 11.6 Å². The first-order valence-electron chi connectivity index (χ1n) is 17.7. The van der Waals surface area contributed by atoms with Gasteiger partial charge in [0, 0.05) is 34.3 Å². The quantitative estimate of drug-likeness (QED) is 0.179. The number of nitrogens with zero attached hydrogens (tertiary/aromatic N) is 1. The maximum Gasteiger partial charge on any atom is 0.134 e. The largest absolute Gasteiger partial charge is 0.457 e. The predicted octanol–water partition coefficient (Wildman–Crippen LogP) is 13.2. The fourth-order valence-electron chi connectivity index (χ4n) is 8.34. The van der Waals surface area contributed by atoms with Crippen LogP contribution in [0.1, 0.15) is 22.3 Å². The zero-order chi connectivity index (χ0) is 35.5. The van der Waals surface area contributed by atoms with E-state index < -0.39 is 5.41 Å². The lowest BCUT2D eigenvalue weighted by Gasteiger charge is -2.40. The van der Waals surface area contributed by atoms with E-state index in [2.05, 4.69) is 95.9 Å². The molecule has 1 heterocycles. The van der Waals surface area contributed by atoms with Crippen molar-refractivity contribution in [2.24, 2.45) is 0 Å². The molecule has 0 unspecified atom stereocenters. The fourth-order valence-corrected chi connectivity index (χ4v) is 8.34. The van der Waals surface area contributed by atoms with Crippen LogP contribution in [0.15, 0.2) is 188 Å². The standard InChI is InChI=1S/C49H31F2NO/c50-36-19-26-41-42-27-20-37(51)30-46(42)49(45(41)29-36)43-13-7-8-14-47(43)53-48-31-40(25-28-44(48)49)52(38-21-15-34(16-22-38)32-9-3-1-4-10-32)39-23-17-35(18-24-39)33-11-5-2-6-12-33/h1-31H. The minimum atomic E-state index is -0.989. The summed E-state index contributed by atoms with van der Waals surface area (Å²) in [6.07, 6.45) is 0. The maximum absolute atomic E-state index is 15.3. The Balaban J connectivity index is 1.17. The first kappa shape index (κ1) is 31.0. The molecule has 0 N–H and O–H groups in total. The van der Waals surface area contributed by atoms with E-state index in [9.17, 15) is 0 Å². The number of para-hydroxylation sites is 1. The number of hydrogen-bond acceptors (Lipinski definition) is 2. The molecule has 8 aromatic rings. The highest BCUT2D eigenvalue weighted by Crippen LogP contribution is 2.62. The summed E-state index contributed by atoms with van der Waals surface area (Å²) in [4.78, 5) is 2.22. The van der Waals surface area contributed by atoms with Gasteiger partial charge in [0.15, 0.2) is 0 Å². The second-order valence-corrected chi connectivity index (χ2v) is 13.6. The molecule has 1 aliphatic carbocycles. The highest BCUT2D eigenvalue weighted by atomic mass is 19.1. The van der Waals surface area contributed by atoms with E-state index >= 15 is 8.78 Å². The van der Waals surface area contributed by atoms with Crippen LogP contribution in [-0.4, -0.2) is 0 Å². The molecular formula is C49H31F2NO. The van der Waals surface area contributed by atoms with Crippen molar-refractivity contribution in [1.29, 1.82) is 0 Å². The van der Waals surface area contributed by atoms with Gasteiger partial charge >= 0.3 is 0 Å². The van der Waals surface area contributed by atoms with Gasteiger partial charge in [0.25, 0.3) is 0 Å². The monoisotopic (exact) mass is 687 g/mol. The molecule has 0 radical (unpaired) electrons. The Morgan fingerprint density at radius 3 is 1.36 bits per heavy atom. The topological polar surface area (TPSA) is 12.5 Å². The zero-order valence-electron chi connectivity index (χ0n) is 28.5. The van der Waals surface area contributed by atoms with E-state index in [-0.39, 0.29) is 11.6 Å². The van der Waals surface area contributed by atoms with Gasteiger partial charge in [-0.25, -0.2) is 8.78 Å². The molecule has 0 bridgehead atoms. The van der Waals surface area contributed by atoms with Crippen LogP contribution >= 0.6 is 0 Å². The maximum atomic E-state index is 15.3. The molecule has 1 aliphatic heterocycles. The molecule has 4 heteroatoms. The van der Waals surface area contributed by atoms with E-state index in [1.54, 1.807) is 12.1 Å². The van der Waals surface area contributed by atoms with Crippen molar-refractivity contribution in [2.75, 3.05) is 4.90 Å². The minimum Gasteiger partial charge on any atom is -0.457 e. The number of hydrogen-bond donors (Lipinski definition) is 0. The normalized spacial score (nSPS) is 13.0. The Morgan fingerprint density at radius 1 is 0.358 bits per heavy atom. The van der Waals surface area contributed by atoms with Gasteiger partial charge in [-0.2, -0.15) is 0 Å². The second-order valence-electron chi connectivity index (χ2n) is 13.6. The zero-order valence-corrected chi connectivity index (χ0v) is 28.5. The number of ether oxygens (including phenoxy) is 1. The van der Waals surface area contributed by atoms with Gasteiger partial charge in [0.1, 0.15) is 23.1 Å². The molecule has 2 nitrogen and oxygen atoms in total. The molecule has 0 amide bonds. The van der Waals surface area contributed by atoms with E-state index in [1.165, 1.54) is 12.1 Å². The summed E-state index contributed by atoms with van der Waals surface area (Å²) in [5, 5.41) is 0. The lowest BCUT2D eigenvalue weighted by atomic mass is 9.66. The Morgan fingerprint density at radius 2 is 0.811 bits per heavy atom. The van der Waals surface area contributed by atoms with Crippen LogP contribution in [-0.2, 0) is 5.41 Å². The Labute approximate surface area is 306 Å². The summed E-state index contributed by atoms with van der Waals surface area (Å²) in [6.45, 7) is 0. The molecule has 0 atom stereocenters. The first-order valence-corrected chi connectivity index (χ1v) is 17.7. The van der Waals surface area contributed by atoms with Gasteiger partial charge in [-0.05, 0) is 105 Å². The molecule has 252 valence electrons. The van der Waals surface area contributed by atoms with Crippen molar-refractivity contribution < 1.29 is 13.5 Å². The molecule has 0 aromatic heterocycles. The van der Waals surface area contributed by atoms with E-state index in [1.807, 2.05) is 72.8 Å². The number of benzene rings is 8. The third-order valence-corrected chi connectivity index (χ3v) is 10.7. The van der Waals surface area contributed by atoms with E-state index in [0.717, 1.165) is 72.7 Å². The second kappa shape index (κ2) is 12.2. The van der Waals surface area contributed by atoms with Crippen molar-refractivity contribution in [3.05, 3.63) is 222 Å². The smallest absolute Gasteiger partial charge is 0.134 e. The summed E-state index contributed by atoms with van der Waals surface area (Å²) >= 11 is 0. The summed E-state index contributed by atoms with van der Waals surface area (Å²) in [5.74, 6) is 0.584. The average molecular weight is 688 g/mol. The number of halogens is 2. The number of anilines is 3. The summed E-state index contributed by atoms with van der Waals surface area (Å²) in [6, 6.07) is 61.6.